The second kappa shape index (κ2) is 4.76. The van der Waals surface area contributed by atoms with Crippen LogP contribution in [0.3, 0.4) is 0 Å². The molecule has 1 aromatic heterocycles. The van der Waals surface area contributed by atoms with Gasteiger partial charge in [0.15, 0.2) is 0 Å². The summed E-state index contributed by atoms with van der Waals surface area (Å²) >= 11 is 0. The van der Waals surface area contributed by atoms with Crippen molar-refractivity contribution < 1.29 is 5.11 Å². The molecule has 2 atom stereocenters. The second-order valence-electron chi connectivity index (χ2n) is 4.33. The molecule has 0 aromatic carbocycles. The number of aromatic nitrogens is 2. The molecule has 0 radical (unpaired) electrons. The van der Waals surface area contributed by atoms with Crippen molar-refractivity contribution >= 4 is 5.95 Å². The molecule has 0 bridgehead atoms. The number of hydrogen-bond acceptors (Lipinski definition) is 5. The maximum absolute atomic E-state index is 9.66. The Kier molecular flexibility index (Phi) is 3.36. The summed E-state index contributed by atoms with van der Waals surface area (Å²) in [5, 5.41) is 9.66. The lowest BCUT2D eigenvalue weighted by Gasteiger charge is -2.34. The predicted octanol–water partition coefficient (Wildman–Crippen LogP) is 0.142. The van der Waals surface area contributed by atoms with Crippen LogP contribution in [0.15, 0.2) is 12.3 Å². The standard InChI is InChI=1S/C11H18N4O/c1-8-7-15(5-3-10(8)16)11-13-4-2-9(6-12)14-11/h2,4,8,10,16H,3,5-7,12H2,1H3. The van der Waals surface area contributed by atoms with Crippen molar-refractivity contribution in [2.45, 2.75) is 26.0 Å². The molecule has 5 nitrogen and oxygen atoms in total. The Morgan fingerprint density at radius 2 is 2.44 bits per heavy atom. The van der Waals surface area contributed by atoms with Gasteiger partial charge in [-0.05, 0) is 18.4 Å². The fourth-order valence-corrected chi connectivity index (χ4v) is 1.97. The number of anilines is 1. The molecular weight excluding hydrogens is 204 g/mol. The molecule has 1 aromatic rings. The fourth-order valence-electron chi connectivity index (χ4n) is 1.97. The molecule has 0 amide bonds. The van der Waals surface area contributed by atoms with E-state index < -0.39 is 0 Å². The van der Waals surface area contributed by atoms with E-state index in [1.807, 2.05) is 13.0 Å². The van der Waals surface area contributed by atoms with Gasteiger partial charge < -0.3 is 15.7 Å². The van der Waals surface area contributed by atoms with Gasteiger partial charge in [-0.1, -0.05) is 6.92 Å². The van der Waals surface area contributed by atoms with Crippen LogP contribution in [0.25, 0.3) is 0 Å². The zero-order valence-electron chi connectivity index (χ0n) is 9.50. The molecule has 0 aliphatic carbocycles. The lowest BCUT2D eigenvalue weighted by molar-refractivity contribution is 0.0966. The van der Waals surface area contributed by atoms with Crippen LogP contribution >= 0.6 is 0 Å². The van der Waals surface area contributed by atoms with E-state index in [-0.39, 0.29) is 12.0 Å². The highest BCUT2D eigenvalue weighted by atomic mass is 16.3. The van der Waals surface area contributed by atoms with E-state index in [2.05, 4.69) is 14.9 Å². The van der Waals surface area contributed by atoms with Gasteiger partial charge in [0.2, 0.25) is 5.95 Å². The van der Waals surface area contributed by atoms with Crippen molar-refractivity contribution in [2.75, 3.05) is 18.0 Å². The molecular formula is C11H18N4O. The van der Waals surface area contributed by atoms with E-state index >= 15 is 0 Å². The van der Waals surface area contributed by atoms with Crippen LogP contribution in [0.1, 0.15) is 19.0 Å². The Morgan fingerprint density at radius 1 is 1.62 bits per heavy atom. The molecule has 2 heterocycles. The van der Waals surface area contributed by atoms with E-state index in [4.69, 9.17) is 5.73 Å². The lowest BCUT2D eigenvalue weighted by atomic mass is 9.97. The first-order valence-electron chi connectivity index (χ1n) is 5.65. The monoisotopic (exact) mass is 222 g/mol. The minimum absolute atomic E-state index is 0.200. The largest absolute Gasteiger partial charge is 0.393 e. The zero-order chi connectivity index (χ0) is 11.5. The molecule has 5 heteroatoms. The first-order chi connectivity index (χ1) is 7.70. The minimum Gasteiger partial charge on any atom is -0.393 e. The summed E-state index contributed by atoms with van der Waals surface area (Å²) in [6, 6.07) is 1.83. The number of piperidine rings is 1. The normalized spacial score (nSPS) is 25.8. The molecule has 2 unspecified atom stereocenters. The number of hydrogen-bond donors (Lipinski definition) is 2. The van der Waals surface area contributed by atoms with Crippen LogP contribution in [-0.4, -0.2) is 34.3 Å². The Balaban J connectivity index is 2.12. The number of nitrogens with zero attached hydrogens (tertiary/aromatic N) is 3. The van der Waals surface area contributed by atoms with Crippen molar-refractivity contribution in [1.82, 2.24) is 9.97 Å². The van der Waals surface area contributed by atoms with Gasteiger partial charge in [-0.2, -0.15) is 0 Å². The molecule has 1 aliphatic heterocycles. The number of aliphatic hydroxyl groups excluding tert-OH is 1. The van der Waals surface area contributed by atoms with Crippen molar-refractivity contribution in [2.24, 2.45) is 11.7 Å². The Morgan fingerprint density at radius 3 is 3.12 bits per heavy atom. The third kappa shape index (κ3) is 2.31. The number of nitrogens with two attached hydrogens (primary N) is 1. The third-order valence-electron chi connectivity index (χ3n) is 3.05. The molecule has 1 saturated heterocycles. The van der Waals surface area contributed by atoms with E-state index in [0.717, 1.165) is 31.2 Å². The molecule has 88 valence electrons. The highest BCUT2D eigenvalue weighted by molar-refractivity contribution is 5.31. The van der Waals surface area contributed by atoms with Crippen LogP contribution in [0.5, 0.6) is 0 Å². The van der Waals surface area contributed by atoms with Gasteiger partial charge in [0.1, 0.15) is 0 Å². The number of aliphatic hydroxyl groups is 1. The molecule has 1 fully saturated rings. The summed E-state index contributed by atoms with van der Waals surface area (Å²) in [4.78, 5) is 10.7. The van der Waals surface area contributed by atoms with Crippen LogP contribution < -0.4 is 10.6 Å². The maximum atomic E-state index is 9.66. The van der Waals surface area contributed by atoms with Crippen LogP contribution in [-0.2, 0) is 6.54 Å². The second-order valence-corrected chi connectivity index (χ2v) is 4.33. The molecule has 2 rings (SSSR count). The van der Waals surface area contributed by atoms with Crippen LogP contribution in [0.4, 0.5) is 5.95 Å². The quantitative estimate of drug-likeness (QED) is 0.744. The van der Waals surface area contributed by atoms with Crippen LogP contribution in [0, 0.1) is 5.92 Å². The van der Waals surface area contributed by atoms with Crippen molar-refractivity contribution in [1.29, 1.82) is 0 Å². The van der Waals surface area contributed by atoms with Gasteiger partial charge >= 0.3 is 0 Å². The van der Waals surface area contributed by atoms with Gasteiger partial charge in [-0.3, -0.25) is 0 Å². The summed E-state index contributed by atoms with van der Waals surface area (Å²) in [6.45, 7) is 4.08. The molecule has 0 spiro atoms. The van der Waals surface area contributed by atoms with Gasteiger partial charge in [0.25, 0.3) is 0 Å². The molecule has 1 aliphatic rings. The highest BCUT2D eigenvalue weighted by Crippen LogP contribution is 2.20. The Hall–Kier alpha value is -1.20. The average Bonchev–Trinajstić information content (AvgIpc) is 2.33. The predicted molar refractivity (Wildman–Crippen MR) is 61.9 cm³/mol. The Bertz CT molecular complexity index is 358. The summed E-state index contributed by atoms with van der Waals surface area (Å²) < 4.78 is 0. The van der Waals surface area contributed by atoms with Crippen LogP contribution in [0.2, 0.25) is 0 Å². The highest BCUT2D eigenvalue weighted by Gasteiger charge is 2.25. The fraction of sp³-hybridized carbons (Fsp3) is 0.636. The van der Waals surface area contributed by atoms with Gasteiger partial charge in [0, 0.05) is 25.8 Å². The lowest BCUT2D eigenvalue weighted by Crippen LogP contribution is -2.42. The van der Waals surface area contributed by atoms with Crippen molar-refractivity contribution in [3.8, 4) is 0 Å². The Labute approximate surface area is 95.3 Å². The SMILES string of the molecule is CC1CN(c2nccc(CN)n2)CCC1O. The molecule has 3 N–H and O–H groups in total. The summed E-state index contributed by atoms with van der Waals surface area (Å²) in [7, 11) is 0. The third-order valence-corrected chi connectivity index (χ3v) is 3.05. The maximum Gasteiger partial charge on any atom is 0.225 e. The van der Waals surface area contributed by atoms with Gasteiger partial charge in [-0.25, -0.2) is 9.97 Å². The van der Waals surface area contributed by atoms with E-state index in [1.165, 1.54) is 0 Å². The zero-order valence-corrected chi connectivity index (χ0v) is 9.50. The van der Waals surface area contributed by atoms with Gasteiger partial charge in [-0.15, -0.1) is 0 Å². The van der Waals surface area contributed by atoms with E-state index in [0.29, 0.717) is 6.54 Å². The summed E-state index contributed by atoms with van der Waals surface area (Å²) in [6.07, 6.45) is 2.31. The van der Waals surface area contributed by atoms with E-state index in [1.54, 1.807) is 6.20 Å². The van der Waals surface area contributed by atoms with Gasteiger partial charge in [0.05, 0.1) is 11.8 Å². The summed E-state index contributed by atoms with van der Waals surface area (Å²) in [5.41, 5.74) is 6.40. The summed E-state index contributed by atoms with van der Waals surface area (Å²) in [5.74, 6) is 0.987. The average molecular weight is 222 g/mol. The number of rotatable bonds is 2. The van der Waals surface area contributed by atoms with E-state index in [9.17, 15) is 5.11 Å². The minimum atomic E-state index is -0.200. The smallest absolute Gasteiger partial charge is 0.225 e. The topological polar surface area (TPSA) is 75.3 Å². The molecule has 16 heavy (non-hydrogen) atoms. The molecule has 0 saturated carbocycles. The van der Waals surface area contributed by atoms with Crippen molar-refractivity contribution in [3.63, 3.8) is 0 Å². The van der Waals surface area contributed by atoms with Crippen molar-refractivity contribution in [3.05, 3.63) is 18.0 Å². The first kappa shape index (κ1) is 11.3. The first-order valence-corrected chi connectivity index (χ1v) is 5.65.